The Morgan fingerprint density at radius 1 is 1.33 bits per heavy atom. The van der Waals surface area contributed by atoms with Crippen LogP contribution in [0.5, 0.6) is 5.75 Å². The van der Waals surface area contributed by atoms with Crippen molar-refractivity contribution in [2.75, 3.05) is 0 Å². The average Bonchev–Trinajstić information content (AvgIpc) is 3.40. The second-order valence-electron chi connectivity index (χ2n) is 5.76. The summed E-state index contributed by atoms with van der Waals surface area (Å²) in [6.07, 6.45) is 3.21. The molecule has 7 heteroatoms. The molecule has 0 bridgehead atoms. The number of nitrogens with one attached hydrogen (secondary N) is 1. The Balaban J connectivity index is 1.55. The summed E-state index contributed by atoms with van der Waals surface area (Å²) in [7, 11) is 0. The fourth-order valence-corrected chi connectivity index (χ4v) is 2.70. The topological polar surface area (TPSA) is 64.1 Å². The Hall–Kier alpha value is -1.85. The summed E-state index contributed by atoms with van der Waals surface area (Å²) in [6.45, 7) is 2.00. The normalized spacial score (nSPS) is 15.0. The van der Waals surface area contributed by atoms with Gasteiger partial charge in [0.25, 0.3) is 5.91 Å². The number of carbonyl (C=O) groups excluding carboxylic acids is 1. The zero-order valence-corrected chi connectivity index (χ0v) is 14.6. The van der Waals surface area contributed by atoms with E-state index in [2.05, 4.69) is 15.3 Å². The molecular weight excluding hydrogens is 349 g/mol. The zero-order chi connectivity index (χ0) is 17.1. The molecule has 2 aromatic rings. The van der Waals surface area contributed by atoms with Gasteiger partial charge in [0, 0.05) is 16.6 Å². The lowest BCUT2D eigenvalue weighted by Gasteiger charge is -2.15. The Kier molecular flexibility index (Phi) is 5.21. The van der Waals surface area contributed by atoms with Crippen LogP contribution in [0.25, 0.3) is 0 Å². The number of aromatic nitrogens is 2. The zero-order valence-electron chi connectivity index (χ0n) is 13.1. The molecule has 5 nitrogen and oxygen atoms in total. The van der Waals surface area contributed by atoms with Gasteiger partial charge >= 0.3 is 0 Å². The van der Waals surface area contributed by atoms with Gasteiger partial charge in [-0.15, -0.1) is 0 Å². The predicted molar refractivity (Wildman–Crippen MR) is 92.4 cm³/mol. The van der Waals surface area contributed by atoms with Crippen LogP contribution in [0, 0.1) is 0 Å². The van der Waals surface area contributed by atoms with E-state index in [1.54, 1.807) is 31.5 Å². The maximum atomic E-state index is 12.2. The van der Waals surface area contributed by atoms with Crippen LogP contribution in [-0.2, 0) is 11.3 Å². The highest BCUT2D eigenvalue weighted by molar-refractivity contribution is 6.35. The largest absolute Gasteiger partial charge is 0.479 e. The molecule has 0 saturated heterocycles. The van der Waals surface area contributed by atoms with Gasteiger partial charge in [-0.25, -0.2) is 9.97 Å². The van der Waals surface area contributed by atoms with Crippen molar-refractivity contribution in [2.45, 2.75) is 38.3 Å². The second-order valence-corrected chi connectivity index (χ2v) is 6.60. The molecule has 1 N–H and O–H groups in total. The molecule has 1 heterocycles. The monoisotopic (exact) mass is 365 g/mol. The molecule has 1 aliphatic carbocycles. The Morgan fingerprint density at radius 2 is 2.12 bits per heavy atom. The highest BCUT2D eigenvalue weighted by atomic mass is 35.5. The number of hydrogen-bond donors (Lipinski definition) is 1. The summed E-state index contributed by atoms with van der Waals surface area (Å²) in [5.41, 5.74) is 1.84. The molecule has 3 rings (SSSR count). The highest BCUT2D eigenvalue weighted by Crippen LogP contribution is 2.38. The van der Waals surface area contributed by atoms with Gasteiger partial charge in [0.15, 0.2) is 6.10 Å². The number of ether oxygens (including phenoxy) is 1. The van der Waals surface area contributed by atoms with Crippen LogP contribution in [0.15, 0.2) is 30.6 Å². The van der Waals surface area contributed by atoms with Gasteiger partial charge in [-0.1, -0.05) is 23.2 Å². The minimum atomic E-state index is -0.687. The molecule has 24 heavy (non-hydrogen) atoms. The molecule has 1 saturated carbocycles. The Bertz CT molecular complexity index is 750. The summed E-state index contributed by atoms with van der Waals surface area (Å²) >= 11 is 11.9. The average molecular weight is 366 g/mol. The summed E-state index contributed by atoms with van der Waals surface area (Å²) < 4.78 is 5.59. The second kappa shape index (κ2) is 7.36. The maximum Gasteiger partial charge on any atom is 0.261 e. The van der Waals surface area contributed by atoms with E-state index in [0.717, 1.165) is 11.4 Å². The smallest absolute Gasteiger partial charge is 0.261 e. The molecule has 1 aromatic carbocycles. The summed E-state index contributed by atoms with van der Waals surface area (Å²) in [5.74, 6) is 0.728. The van der Waals surface area contributed by atoms with Crippen molar-refractivity contribution in [3.8, 4) is 5.75 Å². The van der Waals surface area contributed by atoms with E-state index < -0.39 is 6.10 Å². The maximum absolute atomic E-state index is 12.2. The third-order valence-electron chi connectivity index (χ3n) is 3.75. The molecule has 1 aromatic heterocycles. The third-order valence-corrected chi connectivity index (χ3v) is 4.28. The van der Waals surface area contributed by atoms with E-state index in [9.17, 15) is 4.79 Å². The first-order valence-corrected chi connectivity index (χ1v) is 8.49. The predicted octanol–water partition coefficient (Wildman–Crippen LogP) is 3.74. The van der Waals surface area contributed by atoms with Crippen LogP contribution in [0.4, 0.5) is 0 Å². The van der Waals surface area contributed by atoms with Crippen molar-refractivity contribution < 1.29 is 9.53 Å². The van der Waals surface area contributed by atoms with E-state index in [1.807, 2.05) is 6.07 Å². The number of halogens is 2. The van der Waals surface area contributed by atoms with Crippen molar-refractivity contribution in [2.24, 2.45) is 0 Å². The Labute approximate surface area is 150 Å². The standard InChI is InChI=1S/C17H17Cl2N3O2/c1-10(24-16-5-4-12(18)6-14(16)19)17(23)20-8-13-7-15(11-2-3-11)22-9-21-13/h4-7,9-11H,2-3,8H2,1H3,(H,20,23). The first-order chi connectivity index (χ1) is 11.5. The number of rotatable bonds is 6. The van der Waals surface area contributed by atoms with E-state index in [1.165, 1.54) is 12.8 Å². The lowest BCUT2D eigenvalue weighted by atomic mass is 10.2. The summed E-state index contributed by atoms with van der Waals surface area (Å²) in [6, 6.07) is 6.82. The van der Waals surface area contributed by atoms with Gasteiger partial charge in [0.05, 0.1) is 17.3 Å². The first kappa shape index (κ1) is 17.0. The van der Waals surface area contributed by atoms with E-state index in [-0.39, 0.29) is 5.91 Å². The Morgan fingerprint density at radius 3 is 2.83 bits per heavy atom. The van der Waals surface area contributed by atoms with Crippen molar-refractivity contribution in [1.29, 1.82) is 0 Å². The molecule has 0 spiro atoms. The van der Waals surface area contributed by atoms with Crippen LogP contribution in [0.1, 0.15) is 37.1 Å². The molecule has 1 unspecified atom stereocenters. The van der Waals surface area contributed by atoms with Crippen LogP contribution in [0.2, 0.25) is 10.0 Å². The van der Waals surface area contributed by atoms with Crippen molar-refractivity contribution in [1.82, 2.24) is 15.3 Å². The number of carbonyl (C=O) groups is 1. The van der Waals surface area contributed by atoms with E-state index in [4.69, 9.17) is 27.9 Å². The first-order valence-electron chi connectivity index (χ1n) is 7.73. The van der Waals surface area contributed by atoms with E-state index in [0.29, 0.717) is 28.3 Å². The lowest BCUT2D eigenvalue weighted by molar-refractivity contribution is -0.127. The fourth-order valence-electron chi connectivity index (χ4n) is 2.25. The van der Waals surface area contributed by atoms with Crippen LogP contribution in [-0.4, -0.2) is 22.0 Å². The van der Waals surface area contributed by atoms with Crippen molar-refractivity contribution in [3.05, 3.63) is 52.0 Å². The van der Waals surface area contributed by atoms with Gasteiger partial charge in [-0.3, -0.25) is 4.79 Å². The minimum absolute atomic E-state index is 0.243. The molecule has 126 valence electrons. The number of benzene rings is 1. The molecular formula is C17H17Cl2N3O2. The SMILES string of the molecule is CC(Oc1ccc(Cl)cc1Cl)C(=O)NCc1cc(C2CC2)ncn1. The van der Waals surface area contributed by atoms with Gasteiger partial charge in [0.1, 0.15) is 12.1 Å². The summed E-state index contributed by atoms with van der Waals surface area (Å²) in [4.78, 5) is 20.6. The van der Waals surface area contributed by atoms with Crippen LogP contribution in [0.3, 0.4) is 0 Å². The third kappa shape index (κ3) is 4.36. The van der Waals surface area contributed by atoms with Gasteiger partial charge in [-0.05, 0) is 44.0 Å². The van der Waals surface area contributed by atoms with Gasteiger partial charge < -0.3 is 10.1 Å². The lowest BCUT2D eigenvalue weighted by Crippen LogP contribution is -2.36. The minimum Gasteiger partial charge on any atom is -0.479 e. The van der Waals surface area contributed by atoms with Crippen LogP contribution < -0.4 is 10.1 Å². The molecule has 0 aliphatic heterocycles. The fraction of sp³-hybridized carbons (Fsp3) is 0.353. The van der Waals surface area contributed by atoms with Gasteiger partial charge in [0.2, 0.25) is 0 Å². The molecule has 1 aliphatic rings. The van der Waals surface area contributed by atoms with Crippen molar-refractivity contribution >= 4 is 29.1 Å². The quantitative estimate of drug-likeness (QED) is 0.846. The molecule has 1 amide bonds. The number of amides is 1. The number of hydrogen-bond acceptors (Lipinski definition) is 4. The number of nitrogens with zero attached hydrogens (tertiary/aromatic N) is 2. The van der Waals surface area contributed by atoms with Crippen molar-refractivity contribution in [3.63, 3.8) is 0 Å². The van der Waals surface area contributed by atoms with Gasteiger partial charge in [-0.2, -0.15) is 0 Å². The summed E-state index contributed by atoms with van der Waals surface area (Å²) in [5, 5.41) is 3.69. The van der Waals surface area contributed by atoms with E-state index >= 15 is 0 Å². The molecule has 1 atom stereocenters. The molecule has 1 fully saturated rings. The highest BCUT2D eigenvalue weighted by Gasteiger charge is 2.25. The molecule has 0 radical (unpaired) electrons. The van der Waals surface area contributed by atoms with Crippen LogP contribution >= 0.6 is 23.2 Å².